The minimum absolute atomic E-state index is 0.00471. The van der Waals surface area contributed by atoms with E-state index < -0.39 is 24.2 Å². The SMILES string of the molecule is CC(=O)O[C@H]1O[C@@H](O)[C@H](C)[C@@H]2CC[C@@H](C)[C@@H]3CCO[C@@]123. The van der Waals surface area contributed by atoms with Gasteiger partial charge in [0.15, 0.2) is 6.29 Å². The molecule has 0 aromatic heterocycles. The first kappa shape index (κ1) is 14.3. The largest absolute Gasteiger partial charge is 0.433 e. The molecule has 0 aromatic carbocycles. The lowest BCUT2D eigenvalue weighted by molar-refractivity contribution is -0.360. The van der Waals surface area contributed by atoms with Crippen LogP contribution in [0.25, 0.3) is 0 Å². The fourth-order valence-electron chi connectivity index (χ4n) is 4.59. The molecule has 1 saturated carbocycles. The van der Waals surface area contributed by atoms with Crippen LogP contribution in [0.1, 0.15) is 40.0 Å². The number of hydrogen-bond donors (Lipinski definition) is 1. The van der Waals surface area contributed by atoms with Gasteiger partial charge in [-0.2, -0.15) is 0 Å². The van der Waals surface area contributed by atoms with Crippen LogP contribution < -0.4 is 0 Å². The Bertz CT molecular complexity index is 398. The van der Waals surface area contributed by atoms with Crippen LogP contribution in [0, 0.1) is 23.7 Å². The first-order chi connectivity index (χ1) is 9.46. The number of esters is 1. The van der Waals surface area contributed by atoms with Gasteiger partial charge >= 0.3 is 5.97 Å². The lowest BCUT2D eigenvalue weighted by atomic mass is 9.59. The lowest BCUT2D eigenvalue weighted by Gasteiger charge is -2.56. The molecule has 114 valence electrons. The fraction of sp³-hybridized carbons (Fsp3) is 0.933. The van der Waals surface area contributed by atoms with E-state index in [-0.39, 0.29) is 11.8 Å². The number of ether oxygens (including phenoxy) is 3. The number of rotatable bonds is 1. The van der Waals surface area contributed by atoms with Gasteiger partial charge in [-0.3, -0.25) is 4.79 Å². The summed E-state index contributed by atoms with van der Waals surface area (Å²) in [5.74, 6) is 0.643. The zero-order valence-electron chi connectivity index (χ0n) is 12.4. The van der Waals surface area contributed by atoms with Gasteiger partial charge < -0.3 is 19.3 Å². The van der Waals surface area contributed by atoms with Crippen molar-refractivity contribution in [1.82, 2.24) is 0 Å². The molecular formula is C15H24O5. The van der Waals surface area contributed by atoms with Crippen LogP contribution in [0.2, 0.25) is 0 Å². The summed E-state index contributed by atoms with van der Waals surface area (Å²) in [7, 11) is 0. The molecule has 2 heterocycles. The van der Waals surface area contributed by atoms with Crippen LogP contribution in [0.15, 0.2) is 0 Å². The van der Waals surface area contributed by atoms with E-state index in [9.17, 15) is 9.90 Å². The standard InChI is InChI=1S/C15H24O5/c1-8-4-5-12-9(2)13(17)20-14(19-10(3)16)15(12)11(8)6-7-18-15/h8-9,11-14,17H,4-7H2,1-3H3/t8-,9-,11+,12+,13-,14+,15-/m1/s1. The quantitative estimate of drug-likeness (QED) is 0.742. The molecule has 1 spiro atoms. The number of hydrogen-bond acceptors (Lipinski definition) is 5. The van der Waals surface area contributed by atoms with Gasteiger partial charge in [0.1, 0.15) is 5.60 Å². The van der Waals surface area contributed by atoms with Crippen LogP contribution in [-0.2, 0) is 19.0 Å². The Morgan fingerprint density at radius 3 is 2.70 bits per heavy atom. The molecule has 1 aliphatic carbocycles. The lowest BCUT2D eigenvalue weighted by Crippen LogP contribution is -2.66. The molecule has 5 heteroatoms. The normalized spacial score (nSPS) is 51.2. The van der Waals surface area contributed by atoms with Crippen molar-refractivity contribution in [2.45, 2.75) is 58.2 Å². The van der Waals surface area contributed by atoms with Crippen LogP contribution >= 0.6 is 0 Å². The number of carbonyl (C=O) groups is 1. The Morgan fingerprint density at radius 1 is 1.25 bits per heavy atom. The minimum atomic E-state index is -0.895. The van der Waals surface area contributed by atoms with Crippen LogP contribution in [-0.4, -0.2) is 35.9 Å². The zero-order valence-corrected chi connectivity index (χ0v) is 12.4. The summed E-state index contributed by atoms with van der Waals surface area (Å²) < 4.78 is 17.1. The Labute approximate surface area is 119 Å². The van der Waals surface area contributed by atoms with Gasteiger partial charge in [0.05, 0.1) is 0 Å². The fourth-order valence-corrected chi connectivity index (χ4v) is 4.59. The minimum Gasteiger partial charge on any atom is -0.433 e. The maximum absolute atomic E-state index is 11.4. The average molecular weight is 284 g/mol. The summed E-state index contributed by atoms with van der Waals surface area (Å²) in [6.07, 6.45) is 1.41. The van der Waals surface area contributed by atoms with E-state index in [1.807, 2.05) is 6.92 Å². The summed E-state index contributed by atoms with van der Waals surface area (Å²) >= 11 is 0. The zero-order chi connectivity index (χ0) is 14.5. The maximum Gasteiger partial charge on any atom is 0.305 e. The summed E-state index contributed by atoms with van der Waals surface area (Å²) in [6, 6.07) is 0. The topological polar surface area (TPSA) is 65.0 Å². The van der Waals surface area contributed by atoms with Gasteiger partial charge in [0.2, 0.25) is 6.29 Å². The highest BCUT2D eigenvalue weighted by atomic mass is 16.8. The number of carbonyl (C=O) groups excluding carboxylic acids is 1. The third kappa shape index (κ3) is 1.90. The van der Waals surface area contributed by atoms with E-state index in [0.29, 0.717) is 18.4 Å². The second-order valence-corrected chi connectivity index (χ2v) is 6.59. The molecule has 0 radical (unpaired) electrons. The van der Waals surface area contributed by atoms with Gasteiger partial charge in [0, 0.05) is 25.4 Å². The Hall–Kier alpha value is -0.650. The van der Waals surface area contributed by atoms with Crippen molar-refractivity contribution in [3.05, 3.63) is 0 Å². The van der Waals surface area contributed by atoms with E-state index >= 15 is 0 Å². The Kier molecular flexibility index (Phi) is 3.55. The van der Waals surface area contributed by atoms with Gasteiger partial charge in [0.25, 0.3) is 0 Å². The molecule has 20 heavy (non-hydrogen) atoms. The summed E-state index contributed by atoms with van der Waals surface area (Å²) in [5.41, 5.74) is -0.567. The summed E-state index contributed by atoms with van der Waals surface area (Å²) in [5, 5.41) is 10.1. The molecule has 5 nitrogen and oxygen atoms in total. The van der Waals surface area contributed by atoms with Crippen molar-refractivity contribution < 1.29 is 24.1 Å². The second kappa shape index (κ2) is 4.97. The predicted octanol–water partition coefficient (Wildman–Crippen LogP) is 1.68. The van der Waals surface area contributed by atoms with E-state index in [1.54, 1.807) is 0 Å². The molecule has 7 atom stereocenters. The van der Waals surface area contributed by atoms with E-state index in [4.69, 9.17) is 14.2 Å². The highest BCUT2D eigenvalue weighted by Crippen LogP contribution is 2.57. The first-order valence-electron chi connectivity index (χ1n) is 7.61. The summed E-state index contributed by atoms with van der Waals surface area (Å²) in [4.78, 5) is 11.4. The molecule has 3 fully saturated rings. The monoisotopic (exact) mass is 284 g/mol. The predicted molar refractivity (Wildman–Crippen MR) is 70.5 cm³/mol. The first-order valence-corrected chi connectivity index (χ1v) is 7.61. The second-order valence-electron chi connectivity index (χ2n) is 6.59. The highest BCUT2D eigenvalue weighted by Gasteiger charge is 2.65. The Balaban J connectivity index is 1.99. The van der Waals surface area contributed by atoms with Gasteiger partial charge in [-0.05, 0) is 31.1 Å². The molecule has 3 aliphatic rings. The van der Waals surface area contributed by atoms with Gasteiger partial charge in [-0.25, -0.2) is 0 Å². The van der Waals surface area contributed by atoms with Crippen LogP contribution in [0.5, 0.6) is 0 Å². The van der Waals surface area contributed by atoms with Crippen molar-refractivity contribution >= 4 is 5.97 Å². The summed E-state index contributed by atoms with van der Waals surface area (Å²) in [6.45, 7) is 6.28. The molecular weight excluding hydrogens is 260 g/mol. The molecule has 1 N–H and O–H groups in total. The molecule has 0 bridgehead atoms. The van der Waals surface area contributed by atoms with Crippen molar-refractivity contribution in [3.8, 4) is 0 Å². The molecule has 2 aliphatic heterocycles. The van der Waals surface area contributed by atoms with Crippen molar-refractivity contribution in [3.63, 3.8) is 0 Å². The maximum atomic E-state index is 11.4. The number of aliphatic hydroxyl groups is 1. The van der Waals surface area contributed by atoms with E-state index in [1.165, 1.54) is 6.92 Å². The molecule has 0 amide bonds. The average Bonchev–Trinajstić information content (AvgIpc) is 2.82. The molecule has 0 unspecified atom stereocenters. The third-order valence-corrected chi connectivity index (χ3v) is 5.55. The van der Waals surface area contributed by atoms with Crippen molar-refractivity contribution in [2.75, 3.05) is 6.61 Å². The van der Waals surface area contributed by atoms with E-state index in [0.717, 1.165) is 19.3 Å². The van der Waals surface area contributed by atoms with Crippen LogP contribution in [0.4, 0.5) is 0 Å². The number of aliphatic hydroxyl groups excluding tert-OH is 1. The highest BCUT2D eigenvalue weighted by molar-refractivity contribution is 5.66. The Morgan fingerprint density at radius 2 is 2.00 bits per heavy atom. The smallest absolute Gasteiger partial charge is 0.305 e. The van der Waals surface area contributed by atoms with Crippen LogP contribution in [0.3, 0.4) is 0 Å². The molecule has 0 aromatic rings. The van der Waals surface area contributed by atoms with Gasteiger partial charge in [-0.15, -0.1) is 0 Å². The van der Waals surface area contributed by atoms with E-state index in [2.05, 4.69) is 6.92 Å². The molecule has 2 saturated heterocycles. The van der Waals surface area contributed by atoms with Gasteiger partial charge in [-0.1, -0.05) is 13.8 Å². The third-order valence-electron chi connectivity index (χ3n) is 5.55. The van der Waals surface area contributed by atoms with Crippen molar-refractivity contribution in [2.24, 2.45) is 23.7 Å². The molecule has 3 rings (SSSR count). The van der Waals surface area contributed by atoms with Crippen molar-refractivity contribution in [1.29, 1.82) is 0 Å².